The normalized spacial score (nSPS) is 10.8. The lowest BCUT2D eigenvalue weighted by molar-refractivity contribution is 0.0514. The Bertz CT molecular complexity index is 1230. The molecule has 0 fully saturated rings. The molecule has 0 amide bonds. The van der Waals surface area contributed by atoms with Crippen LogP contribution in [0, 0.1) is 11.3 Å². The van der Waals surface area contributed by atoms with Crippen molar-refractivity contribution in [3.05, 3.63) is 59.8 Å². The molecule has 1 N–H and O–H groups in total. The molecule has 0 atom stereocenters. The molecule has 0 spiro atoms. The largest absolute Gasteiger partial charge is 0.495 e. The van der Waals surface area contributed by atoms with E-state index in [0.29, 0.717) is 11.1 Å². The fourth-order valence-electron chi connectivity index (χ4n) is 2.61. The van der Waals surface area contributed by atoms with E-state index in [1.54, 1.807) is 25.1 Å². The Hall–Kier alpha value is -3.84. The lowest BCUT2D eigenvalue weighted by Crippen LogP contribution is -2.14. The summed E-state index contributed by atoms with van der Waals surface area (Å²) >= 11 is 0. The van der Waals surface area contributed by atoms with Gasteiger partial charge >= 0.3 is 5.97 Å². The standard InChI is InChI=1S/C20H17N3O6S/c1-3-28-20(24)16-11-18(29-22-16)14-7-8-17(27-2)19(10-14)30(25,26)23-15-6-4-5-13(9-15)12-21/h4-11,23H,3H2,1-2H3. The van der Waals surface area contributed by atoms with Gasteiger partial charge in [0.2, 0.25) is 0 Å². The second-order valence-electron chi connectivity index (χ2n) is 5.96. The van der Waals surface area contributed by atoms with Gasteiger partial charge in [-0.05, 0) is 43.3 Å². The van der Waals surface area contributed by atoms with Gasteiger partial charge in [0.1, 0.15) is 10.6 Å². The van der Waals surface area contributed by atoms with Gasteiger partial charge in [0.25, 0.3) is 10.0 Å². The number of methoxy groups -OCH3 is 1. The van der Waals surface area contributed by atoms with Gasteiger partial charge in [-0.2, -0.15) is 5.26 Å². The first-order valence-corrected chi connectivity index (χ1v) is 10.2. The van der Waals surface area contributed by atoms with Crippen molar-refractivity contribution in [1.29, 1.82) is 5.26 Å². The van der Waals surface area contributed by atoms with E-state index in [-0.39, 0.29) is 34.4 Å². The quantitative estimate of drug-likeness (QED) is 0.569. The van der Waals surface area contributed by atoms with Crippen molar-refractivity contribution >= 4 is 21.7 Å². The van der Waals surface area contributed by atoms with Gasteiger partial charge in [0, 0.05) is 11.6 Å². The SMILES string of the molecule is CCOC(=O)c1cc(-c2ccc(OC)c(S(=O)(=O)Nc3cccc(C#N)c3)c2)on1. The number of nitrogens with one attached hydrogen (secondary N) is 1. The van der Waals surface area contributed by atoms with E-state index in [1.807, 2.05) is 6.07 Å². The van der Waals surface area contributed by atoms with Gasteiger partial charge in [0.05, 0.1) is 31.0 Å². The van der Waals surface area contributed by atoms with Gasteiger partial charge in [-0.25, -0.2) is 13.2 Å². The lowest BCUT2D eigenvalue weighted by Gasteiger charge is -2.12. The zero-order valence-corrected chi connectivity index (χ0v) is 16.9. The van der Waals surface area contributed by atoms with Crippen LogP contribution in [0.5, 0.6) is 5.75 Å². The van der Waals surface area contributed by atoms with Crippen molar-refractivity contribution in [2.75, 3.05) is 18.4 Å². The number of rotatable bonds is 7. The fourth-order valence-corrected chi connectivity index (χ4v) is 3.86. The van der Waals surface area contributed by atoms with Gasteiger partial charge in [-0.15, -0.1) is 0 Å². The zero-order chi connectivity index (χ0) is 21.7. The highest BCUT2D eigenvalue weighted by Gasteiger charge is 2.23. The summed E-state index contributed by atoms with van der Waals surface area (Å²) in [4.78, 5) is 11.6. The summed E-state index contributed by atoms with van der Waals surface area (Å²) in [5, 5.41) is 12.7. The minimum Gasteiger partial charge on any atom is -0.495 e. The number of benzene rings is 2. The molecular weight excluding hydrogens is 410 g/mol. The number of anilines is 1. The van der Waals surface area contributed by atoms with Crippen molar-refractivity contribution in [1.82, 2.24) is 5.16 Å². The Kier molecular flexibility index (Phi) is 6.03. The van der Waals surface area contributed by atoms with Crippen LogP contribution < -0.4 is 9.46 Å². The summed E-state index contributed by atoms with van der Waals surface area (Å²) in [6, 6.07) is 13.7. The summed E-state index contributed by atoms with van der Waals surface area (Å²) in [5.41, 5.74) is 0.873. The molecule has 0 radical (unpaired) electrons. The summed E-state index contributed by atoms with van der Waals surface area (Å²) in [5.74, 6) is -0.357. The van der Waals surface area contributed by atoms with Crippen molar-refractivity contribution in [2.24, 2.45) is 0 Å². The number of hydrogen-bond donors (Lipinski definition) is 1. The second kappa shape index (κ2) is 8.67. The Labute approximate surface area is 172 Å². The number of nitriles is 1. The molecule has 3 rings (SSSR count). The number of nitrogens with zero attached hydrogens (tertiary/aromatic N) is 2. The van der Waals surface area contributed by atoms with Crippen LogP contribution in [0.4, 0.5) is 5.69 Å². The summed E-state index contributed by atoms with van der Waals surface area (Å²) in [7, 11) is -2.72. The molecule has 0 aliphatic carbocycles. The van der Waals surface area contributed by atoms with E-state index in [9.17, 15) is 13.2 Å². The van der Waals surface area contributed by atoms with Gasteiger partial charge in [0.15, 0.2) is 11.5 Å². The molecule has 154 valence electrons. The first kappa shape index (κ1) is 20.9. The monoisotopic (exact) mass is 427 g/mol. The molecule has 0 saturated heterocycles. The zero-order valence-electron chi connectivity index (χ0n) is 16.1. The summed E-state index contributed by atoms with van der Waals surface area (Å²) in [6.45, 7) is 1.85. The van der Waals surface area contributed by atoms with Gasteiger partial charge < -0.3 is 14.0 Å². The van der Waals surface area contributed by atoms with E-state index < -0.39 is 16.0 Å². The Morgan fingerprint density at radius 2 is 2.03 bits per heavy atom. The molecule has 0 aliphatic rings. The number of sulfonamides is 1. The highest BCUT2D eigenvalue weighted by atomic mass is 32.2. The van der Waals surface area contributed by atoms with Crippen molar-refractivity contribution in [3.8, 4) is 23.1 Å². The van der Waals surface area contributed by atoms with Crippen LogP contribution in [0.2, 0.25) is 0 Å². The second-order valence-corrected chi connectivity index (χ2v) is 7.61. The van der Waals surface area contributed by atoms with Crippen LogP contribution in [-0.2, 0) is 14.8 Å². The first-order valence-electron chi connectivity index (χ1n) is 8.73. The highest BCUT2D eigenvalue weighted by molar-refractivity contribution is 7.92. The van der Waals surface area contributed by atoms with Crippen LogP contribution in [0.3, 0.4) is 0 Å². The van der Waals surface area contributed by atoms with Crippen molar-refractivity contribution in [3.63, 3.8) is 0 Å². The average Bonchev–Trinajstić information content (AvgIpc) is 3.23. The molecule has 0 bridgehead atoms. The predicted octanol–water partition coefficient (Wildman–Crippen LogP) is 3.20. The van der Waals surface area contributed by atoms with E-state index in [4.69, 9.17) is 19.3 Å². The summed E-state index contributed by atoms with van der Waals surface area (Å²) in [6.07, 6.45) is 0. The summed E-state index contributed by atoms with van der Waals surface area (Å²) < 4.78 is 43.6. The van der Waals surface area contributed by atoms with Crippen LogP contribution >= 0.6 is 0 Å². The maximum Gasteiger partial charge on any atom is 0.360 e. The van der Waals surface area contributed by atoms with E-state index >= 15 is 0 Å². The minimum atomic E-state index is -4.07. The molecular formula is C20H17N3O6S. The Morgan fingerprint density at radius 1 is 1.23 bits per heavy atom. The van der Waals surface area contributed by atoms with Crippen molar-refractivity contribution in [2.45, 2.75) is 11.8 Å². The number of carbonyl (C=O) groups is 1. The predicted molar refractivity (Wildman–Crippen MR) is 106 cm³/mol. The van der Waals surface area contributed by atoms with Crippen LogP contribution in [-0.4, -0.2) is 33.3 Å². The van der Waals surface area contributed by atoms with E-state index in [0.717, 1.165) is 0 Å². The average molecular weight is 427 g/mol. The lowest BCUT2D eigenvalue weighted by atomic mass is 10.1. The number of esters is 1. The molecule has 0 unspecified atom stereocenters. The molecule has 1 aromatic heterocycles. The number of hydrogen-bond acceptors (Lipinski definition) is 8. The molecule has 2 aromatic carbocycles. The molecule has 3 aromatic rings. The fraction of sp³-hybridized carbons (Fsp3) is 0.150. The molecule has 1 heterocycles. The smallest absolute Gasteiger partial charge is 0.360 e. The first-order chi connectivity index (χ1) is 14.4. The number of ether oxygens (including phenoxy) is 2. The van der Waals surface area contributed by atoms with Gasteiger partial charge in [-0.1, -0.05) is 11.2 Å². The van der Waals surface area contributed by atoms with Crippen LogP contribution in [0.25, 0.3) is 11.3 Å². The maximum absolute atomic E-state index is 13.0. The highest BCUT2D eigenvalue weighted by Crippen LogP contribution is 2.31. The molecule has 10 heteroatoms. The van der Waals surface area contributed by atoms with Crippen LogP contribution in [0.15, 0.2) is 57.9 Å². The topological polar surface area (TPSA) is 132 Å². The number of carbonyl (C=O) groups excluding carboxylic acids is 1. The third-order valence-corrected chi connectivity index (χ3v) is 5.38. The molecule has 30 heavy (non-hydrogen) atoms. The molecule has 0 saturated carbocycles. The third-order valence-electron chi connectivity index (χ3n) is 3.98. The molecule has 0 aliphatic heterocycles. The number of aromatic nitrogens is 1. The van der Waals surface area contributed by atoms with E-state index in [1.165, 1.54) is 37.4 Å². The van der Waals surface area contributed by atoms with Gasteiger partial charge in [-0.3, -0.25) is 4.72 Å². The minimum absolute atomic E-state index is 0.0291. The maximum atomic E-state index is 13.0. The van der Waals surface area contributed by atoms with Crippen molar-refractivity contribution < 1.29 is 27.2 Å². The van der Waals surface area contributed by atoms with E-state index in [2.05, 4.69) is 9.88 Å². The Balaban J connectivity index is 1.98. The third kappa shape index (κ3) is 4.42. The molecule has 9 nitrogen and oxygen atoms in total. The Morgan fingerprint density at radius 3 is 2.73 bits per heavy atom. The van der Waals surface area contributed by atoms with Crippen LogP contribution in [0.1, 0.15) is 23.0 Å².